The maximum absolute atomic E-state index is 12.0. The molecule has 0 saturated carbocycles. The first kappa shape index (κ1) is 14.0. The Morgan fingerprint density at radius 2 is 2.00 bits per heavy atom. The fourth-order valence-electron chi connectivity index (χ4n) is 1.56. The maximum Gasteiger partial charge on any atom is 0.333 e. The average molecular weight is 255 g/mol. The molecule has 0 aromatic carbocycles. The van der Waals surface area contributed by atoms with Crippen molar-refractivity contribution in [3.63, 3.8) is 0 Å². The number of ether oxygens (including phenoxy) is 1. The zero-order valence-corrected chi connectivity index (χ0v) is 10.5. The summed E-state index contributed by atoms with van der Waals surface area (Å²) >= 11 is 0. The lowest BCUT2D eigenvalue weighted by Crippen LogP contribution is -2.42. The minimum absolute atomic E-state index is 0.104. The van der Waals surface area contributed by atoms with Crippen LogP contribution in [-0.4, -0.2) is 21.7 Å². The molecule has 0 amide bonds. The SMILES string of the molecule is CCCn1c(N)cc(=O)n(CC(=O)OCC)c1=O. The molecule has 1 aromatic heterocycles. The second-order valence-corrected chi connectivity index (χ2v) is 3.73. The summed E-state index contributed by atoms with van der Waals surface area (Å²) in [5.74, 6) is -0.517. The Balaban J connectivity index is 3.19. The van der Waals surface area contributed by atoms with E-state index in [4.69, 9.17) is 10.5 Å². The molecule has 1 rings (SSSR count). The van der Waals surface area contributed by atoms with Crippen LogP contribution >= 0.6 is 0 Å². The van der Waals surface area contributed by atoms with Gasteiger partial charge in [-0.15, -0.1) is 0 Å². The van der Waals surface area contributed by atoms with E-state index in [1.807, 2.05) is 6.92 Å². The van der Waals surface area contributed by atoms with E-state index in [2.05, 4.69) is 0 Å². The number of carbonyl (C=O) groups is 1. The Labute approximate surface area is 104 Å². The lowest BCUT2D eigenvalue weighted by atomic mass is 10.4. The van der Waals surface area contributed by atoms with Gasteiger partial charge in [-0.25, -0.2) is 9.36 Å². The van der Waals surface area contributed by atoms with Crippen LogP contribution in [0.3, 0.4) is 0 Å². The van der Waals surface area contributed by atoms with Gasteiger partial charge in [0, 0.05) is 12.6 Å². The van der Waals surface area contributed by atoms with Crippen molar-refractivity contribution < 1.29 is 9.53 Å². The largest absolute Gasteiger partial charge is 0.465 e. The summed E-state index contributed by atoms with van der Waals surface area (Å²) in [6, 6.07) is 1.14. The first-order valence-corrected chi connectivity index (χ1v) is 5.77. The molecule has 0 aliphatic heterocycles. The minimum Gasteiger partial charge on any atom is -0.465 e. The number of anilines is 1. The number of rotatable bonds is 5. The summed E-state index contributed by atoms with van der Waals surface area (Å²) in [6.45, 7) is 3.74. The van der Waals surface area contributed by atoms with Crippen LogP contribution < -0.4 is 17.0 Å². The van der Waals surface area contributed by atoms with Gasteiger partial charge in [-0.2, -0.15) is 0 Å². The Morgan fingerprint density at radius 3 is 2.56 bits per heavy atom. The van der Waals surface area contributed by atoms with Gasteiger partial charge in [0.05, 0.1) is 6.61 Å². The van der Waals surface area contributed by atoms with Gasteiger partial charge in [-0.05, 0) is 13.3 Å². The Bertz CT molecular complexity index is 544. The predicted molar refractivity (Wildman–Crippen MR) is 66.3 cm³/mol. The lowest BCUT2D eigenvalue weighted by Gasteiger charge is -2.11. The highest BCUT2D eigenvalue weighted by atomic mass is 16.5. The number of hydrogen-bond acceptors (Lipinski definition) is 5. The van der Waals surface area contributed by atoms with Crippen molar-refractivity contribution in [2.45, 2.75) is 33.4 Å². The number of nitrogen functional groups attached to an aromatic ring is 1. The fraction of sp³-hybridized carbons (Fsp3) is 0.545. The molecule has 18 heavy (non-hydrogen) atoms. The van der Waals surface area contributed by atoms with E-state index in [-0.39, 0.29) is 12.4 Å². The van der Waals surface area contributed by atoms with Crippen LogP contribution in [0.25, 0.3) is 0 Å². The first-order valence-electron chi connectivity index (χ1n) is 5.77. The highest BCUT2D eigenvalue weighted by molar-refractivity contribution is 5.69. The van der Waals surface area contributed by atoms with Crippen LogP contribution in [-0.2, 0) is 22.6 Å². The molecule has 0 radical (unpaired) electrons. The van der Waals surface area contributed by atoms with Crippen molar-refractivity contribution in [2.24, 2.45) is 0 Å². The standard InChI is InChI=1S/C11H17N3O4/c1-3-5-13-8(12)6-9(15)14(11(13)17)7-10(16)18-4-2/h6H,3-5,7,12H2,1-2H3. The Hall–Kier alpha value is -2.05. The fourth-order valence-corrected chi connectivity index (χ4v) is 1.56. The van der Waals surface area contributed by atoms with Crippen molar-refractivity contribution in [3.05, 3.63) is 26.9 Å². The van der Waals surface area contributed by atoms with E-state index in [9.17, 15) is 14.4 Å². The van der Waals surface area contributed by atoms with Crippen LogP contribution in [0.1, 0.15) is 20.3 Å². The minimum atomic E-state index is -0.621. The van der Waals surface area contributed by atoms with E-state index >= 15 is 0 Å². The van der Waals surface area contributed by atoms with Crippen LogP contribution in [0, 0.1) is 0 Å². The summed E-state index contributed by atoms with van der Waals surface area (Å²) < 4.78 is 6.80. The number of nitrogens with zero attached hydrogens (tertiary/aromatic N) is 2. The average Bonchev–Trinajstić information content (AvgIpc) is 2.30. The lowest BCUT2D eigenvalue weighted by molar-refractivity contribution is -0.143. The van der Waals surface area contributed by atoms with E-state index in [0.29, 0.717) is 13.0 Å². The van der Waals surface area contributed by atoms with Gasteiger partial charge in [-0.3, -0.25) is 14.2 Å². The molecule has 0 fully saturated rings. The number of carbonyl (C=O) groups excluding carboxylic acids is 1. The zero-order valence-electron chi connectivity index (χ0n) is 10.5. The van der Waals surface area contributed by atoms with E-state index in [1.54, 1.807) is 6.92 Å². The molecule has 7 nitrogen and oxygen atoms in total. The summed E-state index contributed by atoms with van der Waals surface area (Å²) in [6.07, 6.45) is 0.696. The van der Waals surface area contributed by atoms with Crippen LogP contribution in [0.2, 0.25) is 0 Å². The molecule has 0 bridgehead atoms. The number of aromatic nitrogens is 2. The Morgan fingerprint density at radius 1 is 1.33 bits per heavy atom. The molecule has 1 heterocycles. The van der Waals surface area contributed by atoms with Crippen molar-refractivity contribution in [1.29, 1.82) is 0 Å². The second kappa shape index (κ2) is 6.04. The van der Waals surface area contributed by atoms with Crippen molar-refractivity contribution in [1.82, 2.24) is 9.13 Å². The highest BCUT2D eigenvalue weighted by Gasteiger charge is 2.12. The van der Waals surface area contributed by atoms with E-state index in [1.165, 1.54) is 4.57 Å². The Kier molecular flexibility index (Phi) is 4.70. The summed E-state index contributed by atoms with van der Waals surface area (Å²) in [5.41, 5.74) is 4.41. The highest BCUT2D eigenvalue weighted by Crippen LogP contribution is 1.96. The van der Waals surface area contributed by atoms with Gasteiger partial charge in [0.15, 0.2) is 0 Å². The molecule has 1 aromatic rings. The second-order valence-electron chi connectivity index (χ2n) is 3.73. The van der Waals surface area contributed by atoms with Gasteiger partial charge in [-0.1, -0.05) is 6.92 Å². The van der Waals surface area contributed by atoms with Gasteiger partial charge in [0.1, 0.15) is 12.4 Å². The molecular formula is C11H17N3O4. The molecule has 0 saturated heterocycles. The van der Waals surface area contributed by atoms with Gasteiger partial charge in [0.2, 0.25) is 0 Å². The zero-order chi connectivity index (χ0) is 13.7. The molecule has 2 N–H and O–H groups in total. The normalized spacial score (nSPS) is 10.3. The van der Waals surface area contributed by atoms with Crippen molar-refractivity contribution in [2.75, 3.05) is 12.3 Å². The van der Waals surface area contributed by atoms with Crippen LogP contribution in [0.4, 0.5) is 5.82 Å². The predicted octanol–water partition coefficient (Wildman–Crippen LogP) is -0.435. The summed E-state index contributed by atoms with van der Waals surface area (Å²) in [4.78, 5) is 34.9. The number of esters is 1. The molecule has 7 heteroatoms. The molecule has 0 unspecified atom stereocenters. The molecular weight excluding hydrogens is 238 g/mol. The van der Waals surface area contributed by atoms with Crippen molar-refractivity contribution >= 4 is 11.8 Å². The monoisotopic (exact) mass is 255 g/mol. The molecule has 0 aliphatic rings. The molecule has 0 spiro atoms. The maximum atomic E-state index is 12.0. The molecule has 100 valence electrons. The van der Waals surface area contributed by atoms with E-state index in [0.717, 1.165) is 10.6 Å². The quantitative estimate of drug-likeness (QED) is 0.720. The van der Waals surface area contributed by atoms with Crippen LogP contribution in [0.5, 0.6) is 0 Å². The van der Waals surface area contributed by atoms with Crippen molar-refractivity contribution in [3.8, 4) is 0 Å². The smallest absolute Gasteiger partial charge is 0.333 e. The third-order valence-electron chi connectivity index (χ3n) is 2.35. The van der Waals surface area contributed by atoms with Gasteiger partial charge in [0.25, 0.3) is 5.56 Å². The number of hydrogen-bond donors (Lipinski definition) is 1. The summed E-state index contributed by atoms with van der Waals surface area (Å²) in [5, 5.41) is 0. The number of nitrogens with two attached hydrogens (primary N) is 1. The van der Waals surface area contributed by atoms with Gasteiger partial charge < -0.3 is 10.5 Å². The third-order valence-corrected chi connectivity index (χ3v) is 2.35. The third kappa shape index (κ3) is 2.99. The first-order chi connectivity index (χ1) is 8.51. The van der Waals surface area contributed by atoms with Crippen LogP contribution in [0.15, 0.2) is 15.7 Å². The molecule has 0 aliphatic carbocycles. The molecule has 0 atom stereocenters. The van der Waals surface area contributed by atoms with Gasteiger partial charge >= 0.3 is 11.7 Å². The van der Waals surface area contributed by atoms with E-state index < -0.39 is 23.8 Å². The summed E-state index contributed by atoms with van der Waals surface area (Å²) in [7, 11) is 0. The topological polar surface area (TPSA) is 96.3 Å².